The van der Waals surface area contributed by atoms with Crippen molar-refractivity contribution in [3.63, 3.8) is 0 Å². The van der Waals surface area contributed by atoms with Crippen LogP contribution in [0.4, 0.5) is 0 Å². The van der Waals surface area contributed by atoms with E-state index < -0.39 is 12.1 Å². The molecule has 5 nitrogen and oxygen atoms in total. The Kier molecular flexibility index (Phi) is 8.03. The second-order valence-corrected chi connectivity index (χ2v) is 7.96. The standard InChI is InChI=1S/C25H26N2O3.Na.H/c1-16-2-3-21(14-26-16)24(28)15-27-23-11-10-18-6-9-20(12-22(18)13-23)17-4-7-19(8-5-17)25(29)30;;/h2-9,12,14,23-24,27-28H,10-11,13,15H2,1H3,(H,29,30);;/t23-,24+;;/m0../s1. The molecule has 0 amide bonds. The number of aliphatic hydroxyl groups excluding tert-OH is 1. The maximum atomic E-state index is 11.1. The number of pyridine rings is 1. The number of carboxylic acids is 1. The minimum atomic E-state index is -0.912. The van der Waals surface area contributed by atoms with Crippen LogP contribution in [0.3, 0.4) is 0 Å². The van der Waals surface area contributed by atoms with Crippen LogP contribution in [0.2, 0.25) is 0 Å². The maximum absolute atomic E-state index is 11.1. The Morgan fingerprint density at radius 2 is 1.84 bits per heavy atom. The number of aliphatic hydroxyl groups is 1. The van der Waals surface area contributed by atoms with Crippen molar-refractivity contribution in [2.24, 2.45) is 0 Å². The summed E-state index contributed by atoms with van der Waals surface area (Å²) in [6, 6.07) is 17.6. The number of fused-ring (bicyclic) bond motifs is 1. The fourth-order valence-corrected chi connectivity index (χ4v) is 3.99. The zero-order valence-electron chi connectivity index (χ0n) is 17.0. The Labute approximate surface area is 204 Å². The topological polar surface area (TPSA) is 82.5 Å². The molecule has 3 aromatic rings. The molecule has 4 rings (SSSR count). The van der Waals surface area contributed by atoms with Gasteiger partial charge in [0.05, 0.1) is 11.7 Å². The van der Waals surface area contributed by atoms with E-state index in [2.05, 4.69) is 28.5 Å². The molecule has 0 saturated heterocycles. The van der Waals surface area contributed by atoms with Gasteiger partial charge in [0.15, 0.2) is 0 Å². The molecule has 0 spiro atoms. The van der Waals surface area contributed by atoms with E-state index in [9.17, 15) is 9.90 Å². The first kappa shape index (κ1) is 23.6. The van der Waals surface area contributed by atoms with Crippen LogP contribution in [0.25, 0.3) is 11.1 Å². The molecular weight excluding hydrogens is 399 g/mol. The fourth-order valence-electron chi connectivity index (χ4n) is 3.99. The van der Waals surface area contributed by atoms with Crippen LogP contribution >= 0.6 is 0 Å². The second-order valence-electron chi connectivity index (χ2n) is 7.96. The third kappa shape index (κ3) is 5.82. The third-order valence-corrected chi connectivity index (χ3v) is 5.82. The van der Waals surface area contributed by atoms with Crippen molar-refractivity contribution in [1.29, 1.82) is 0 Å². The summed E-state index contributed by atoms with van der Waals surface area (Å²) in [7, 11) is 0. The van der Waals surface area contributed by atoms with E-state index in [0.29, 0.717) is 18.2 Å². The molecular formula is C25H27N2NaO3. The number of rotatable bonds is 6. The number of hydrogen-bond acceptors (Lipinski definition) is 4. The molecule has 31 heavy (non-hydrogen) atoms. The van der Waals surface area contributed by atoms with Gasteiger partial charge in [0, 0.05) is 30.0 Å². The number of benzene rings is 2. The summed E-state index contributed by atoms with van der Waals surface area (Å²) in [6.07, 6.45) is 4.12. The van der Waals surface area contributed by atoms with E-state index >= 15 is 0 Å². The van der Waals surface area contributed by atoms with Gasteiger partial charge in [0.1, 0.15) is 0 Å². The number of aromatic nitrogens is 1. The van der Waals surface area contributed by atoms with E-state index in [1.165, 1.54) is 11.1 Å². The number of carbonyl (C=O) groups is 1. The number of nitrogens with zero attached hydrogens (tertiary/aromatic N) is 1. The van der Waals surface area contributed by atoms with E-state index in [1.807, 2.05) is 31.2 Å². The monoisotopic (exact) mass is 426 g/mol. The molecule has 1 heterocycles. The van der Waals surface area contributed by atoms with Gasteiger partial charge in [-0.3, -0.25) is 4.98 Å². The summed E-state index contributed by atoms with van der Waals surface area (Å²) >= 11 is 0. The van der Waals surface area contributed by atoms with Crippen molar-refractivity contribution < 1.29 is 15.0 Å². The zero-order chi connectivity index (χ0) is 21.1. The van der Waals surface area contributed by atoms with Crippen LogP contribution in [-0.4, -0.2) is 63.3 Å². The fraction of sp³-hybridized carbons (Fsp3) is 0.280. The molecule has 0 fully saturated rings. The summed E-state index contributed by atoms with van der Waals surface area (Å²) in [5.74, 6) is -0.912. The van der Waals surface area contributed by atoms with Crippen molar-refractivity contribution in [1.82, 2.24) is 10.3 Å². The average Bonchev–Trinajstić information content (AvgIpc) is 2.77. The average molecular weight is 426 g/mol. The SMILES string of the molecule is Cc1ccc([C@H](O)CN[C@H]2CCc3ccc(-c4ccc(C(=O)O)cc4)cc3C2)cn1.[NaH]. The molecule has 0 bridgehead atoms. The van der Waals surface area contributed by atoms with E-state index in [-0.39, 0.29) is 29.6 Å². The number of carboxylic acid groups (broad SMARTS) is 1. The van der Waals surface area contributed by atoms with Gasteiger partial charge >= 0.3 is 35.5 Å². The predicted molar refractivity (Wildman–Crippen MR) is 124 cm³/mol. The van der Waals surface area contributed by atoms with Crippen molar-refractivity contribution in [3.8, 4) is 11.1 Å². The van der Waals surface area contributed by atoms with E-state index in [0.717, 1.165) is 41.6 Å². The molecule has 2 aromatic carbocycles. The Balaban J connectivity index is 0.00000272. The van der Waals surface area contributed by atoms with E-state index in [1.54, 1.807) is 18.3 Å². The van der Waals surface area contributed by atoms with Crippen molar-refractivity contribution in [2.75, 3.05) is 6.54 Å². The van der Waals surface area contributed by atoms with Gasteiger partial charge < -0.3 is 15.5 Å². The zero-order valence-corrected chi connectivity index (χ0v) is 17.0. The first-order valence-electron chi connectivity index (χ1n) is 10.3. The first-order valence-corrected chi connectivity index (χ1v) is 10.3. The Bertz CT molecular complexity index is 1040. The van der Waals surface area contributed by atoms with Gasteiger partial charge in [-0.1, -0.05) is 36.4 Å². The molecule has 0 unspecified atom stereocenters. The number of aromatic carboxylic acids is 1. The Morgan fingerprint density at radius 1 is 1.10 bits per heavy atom. The van der Waals surface area contributed by atoms with Crippen LogP contribution < -0.4 is 5.32 Å². The van der Waals surface area contributed by atoms with Crippen LogP contribution in [0.5, 0.6) is 0 Å². The van der Waals surface area contributed by atoms with Gasteiger partial charge in [-0.25, -0.2) is 4.79 Å². The first-order chi connectivity index (χ1) is 14.5. The summed E-state index contributed by atoms with van der Waals surface area (Å²) < 4.78 is 0. The van der Waals surface area contributed by atoms with Crippen molar-refractivity contribution >= 4 is 35.5 Å². The molecule has 3 N–H and O–H groups in total. The molecule has 0 radical (unpaired) electrons. The van der Waals surface area contributed by atoms with Gasteiger partial charge in [-0.05, 0) is 66.6 Å². The van der Waals surface area contributed by atoms with Crippen LogP contribution in [-0.2, 0) is 12.8 Å². The van der Waals surface area contributed by atoms with Gasteiger partial charge in [0.25, 0.3) is 0 Å². The molecule has 0 aliphatic heterocycles. The summed E-state index contributed by atoms with van der Waals surface area (Å²) in [4.78, 5) is 15.3. The van der Waals surface area contributed by atoms with Crippen LogP contribution in [0.1, 0.15) is 45.3 Å². The van der Waals surface area contributed by atoms with Gasteiger partial charge in [-0.15, -0.1) is 0 Å². The molecule has 1 aliphatic rings. The van der Waals surface area contributed by atoms with Gasteiger partial charge in [0.2, 0.25) is 0 Å². The summed E-state index contributed by atoms with van der Waals surface area (Å²) in [5, 5.41) is 23.0. The molecule has 1 aliphatic carbocycles. The number of aryl methyl sites for hydroxylation is 2. The van der Waals surface area contributed by atoms with Crippen LogP contribution in [0, 0.1) is 6.92 Å². The Hall–Kier alpha value is -2.02. The van der Waals surface area contributed by atoms with E-state index in [4.69, 9.17) is 5.11 Å². The Morgan fingerprint density at radius 3 is 2.52 bits per heavy atom. The summed E-state index contributed by atoms with van der Waals surface area (Å²) in [5.41, 5.74) is 6.85. The van der Waals surface area contributed by atoms with Gasteiger partial charge in [-0.2, -0.15) is 0 Å². The predicted octanol–water partition coefficient (Wildman–Crippen LogP) is 3.29. The molecule has 156 valence electrons. The summed E-state index contributed by atoms with van der Waals surface area (Å²) in [6.45, 7) is 2.43. The molecule has 6 heteroatoms. The molecule has 2 atom stereocenters. The number of hydrogen-bond donors (Lipinski definition) is 3. The molecule has 0 saturated carbocycles. The van der Waals surface area contributed by atoms with Crippen LogP contribution in [0.15, 0.2) is 60.8 Å². The number of nitrogens with one attached hydrogen (secondary N) is 1. The quantitative estimate of drug-likeness (QED) is 0.527. The minimum absolute atomic E-state index is 0. The third-order valence-electron chi connectivity index (χ3n) is 5.82. The van der Waals surface area contributed by atoms with Crippen molar-refractivity contribution in [2.45, 2.75) is 38.3 Å². The molecule has 1 aromatic heterocycles. The second kappa shape index (κ2) is 10.5. The normalized spacial score (nSPS) is 16.1. The van der Waals surface area contributed by atoms with Crippen molar-refractivity contribution in [3.05, 3.63) is 88.7 Å².